The molecule has 1 aliphatic heterocycles. The van der Waals surface area contributed by atoms with E-state index >= 15 is 0 Å². The van der Waals surface area contributed by atoms with Crippen LogP contribution < -0.4 is 15.4 Å². The molecule has 0 radical (unpaired) electrons. The summed E-state index contributed by atoms with van der Waals surface area (Å²) in [5.74, 6) is -2.14. The van der Waals surface area contributed by atoms with Crippen LogP contribution in [0.25, 0.3) is 0 Å². The second-order valence-corrected chi connectivity index (χ2v) is 9.05. The number of rotatable bonds is 7. The minimum Gasteiger partial charge on any atom is -0.496 e. The molecular formula is C22H24ClN3O6S. The quantitative estimate of drug-likeness (QED) is 0.544. The molecule has 1 fully saturated rings. The molecule has 9 nitrogen and oxygen atoms in total. The minimum absolute atomic E-state index is 0.0707. The summed E-state index contributed by atoms with van der Waals surface area (Å²) in [5.41, 5.74) is 0.686. The predicted molar refractivity (Wildman–Crippen MR) is 123 cm³/mol. The summed E-state index contributed by atoms with van der Waals surface area (Å²) in [7, 11) is 1.51. The first-order chi connectivity index (χ1) is 15.7. The number of carbonyl (C=O) groups excluding carboxylic acids is 3. The molecule has 1 aromatic heterocycles. The van der Waals surface area contributed by atoms with Crippen molar-refractivity contribution in [3.05, 3.63) is 50.7 Å². The van der Waals surface area contributed by atoms with Gasteiger partial charge in [0.15, 0.2) is 0 Å². The highest BCUT2D eigenvalue weighted by molar-refractivity contribution is 7.14. The van der Waals surface area contributed by atoms with Gasteiger partial charge in [0.05, 0.1) is 19.1 Å². The van der Waals surface area contributed by atoms with Gasteiger partial charge in [-0.2, -0.15) is 0 Å². The molecule has 0 spiro atoms. The third-order valence-electron chi connectivity index (χ3n) is 5.30. The van der Waals surface area contributed by atoms with E-state index in [1.807, 2.05) is 6.92 Å². The van der Waals surface area contributed by atoms with Crippen molar-refractivity contribution in [3.8, 4) is 5.75 Å². The number of carbonyl (C=O) groups is 4. The van der Waals surface area contributed by atoms with Gasteiger partial charge in [0.25, 0.3) is 0 Å². The van der Waals surface area contributed by atoms with Crippen LogP contribution >= 0.6 is 22.9 Å². The fourth-order valence-corrected chi connectivity index (χ4v) is 4.76. The van der Waals surface area contributed by atoms with Crippen molar-refractivity contribution < 1.29 is 29.0 Å². The lowest BCUT2D eigenvalue weighted by Gasteiger charge is -2.25. The van der Waals surface area contributed by atoms with Crippen LogP contribution in [0.15, 0.2) is 30.3 Å². The number of hydrogen-bond acceptors (Lipinski definition) is 6. The number of hydrogen-bond donors (Lipinski definition) is 3. The lowest BCUT2D eigenvalue weighted by Crippen LogP contribution is -2.48. The van der Waals surface area contributed by atoms with E-state index in [4.69, 9.17) is 21.4 Å². The number of aromatic carboxylic acids is 1. The molecule has 0 unspecified atom stereocenters. The van der Waals surface area contributed by atoms with Gasteiger partial charge in [0, 0.05) is 16.4 Å². The maximum atomic E-state index is 13.2. The number of nitrogens with zero attached hydrogens (tertiary/aromatic N) is 1. The molecule has 1 aliphatic rings. The number of urea groups is 1. The average Bonchev–Trinajstić information content (AvgIpc) is 3.23. The highest BCUT2D eigenvalue weighted by Gasteiger charge is 2.35. The first-order valence-electron chi connectivity index (χ1n) is 10.3. The Morgan fingerprint density at radius 3 is 2.73 bits per heavy atom. The summed E-state index contributed by atoms with van der Waals surface area (Å²) in [6.07, 6.45) is 0.694. The van der Waals surface area contributed by atoms with E-state index in [-0.39, 0.29) is 17.8 Å². The minimum atomic E-state index is -1.05. The van der Waals surface area contributed by atoms with Crippen molar-refractivity contribution >= 4 is 46.8 Å². The molecule has 33 heavy (non-hydrogen) atoms. The van der Waals surface area contributed by atoms with Gasteiger partial charge in [-0.3, -0.25) is 14.5 Å². The van der Waals surface area contributed by atoms with Gasteiger partial charge in [0.2, 0.25) is 11.8 Å². The Balaban J connectivity index is 1.79. The fourth-order valence-electron chi connectivity index (χ4n) is 3.58. The second kappa shape index (κ2) is 10.7. The van der Waals surface area contributed by atoms with E-state index in [1.54, 1.807) is 24.3 Å². The summed E-state index contributed by atoms with van der Waals surface area (Å²) >= 11 is 7.15. The van der Waals surface area contributed by atoms with Gasteiger partial charge in [0.1, 0.15) is 17.2 Å². The molecule has 11 heteroatoms. The number of thiophene rings is 1. The van der Waals surface area contributed by atoms with Gasteiger partial charge in [-0.15, -0.1) is 11.3 Å². The largest absolute Gasteiger partial charge is 0.496 e. The zero-order chi connectivity index (χ0) is 24.1. The van der Waals surface area contributed by atoms with E-state index in [9.17, 15) is 19.2 Å². The smallest absolute Gasteiger partial charge is 0.345 e. The van der Waals surface area contributed by atoms with E-state index < -0.39 is 42.3 Å². The number of methoxy groups -OCH3 is 1. The third kappa shape index (κ3) is 5.82. The summed E-state index contributed by atoms with van der Waals surface area (Å²) in [6, 6.07) is 6.95. The first kappa shape index (κ1) is 24.5. The lowest BCUT2D eigenvalue weighted by molar-refractivity contribution is -0.133. The van der Waals surface area contributed by atoms with E-state index in [0.717, 1.165) is 16.2 Å². The van der Waals surface area contributed by atoms with Crippen molar-refractivity contribution in [2.75, 3.05) is 20.2 Å². The normalized spacial score (nSPS) is 17.2. The van der Waals surface area contributed by atoms with Crippen LogP contribution in [0.5, 0.6) is 5.75 Å². The second-order valence-electron chi connectivity index (χ2n) is 7.50. The van der Waals surface area contributed by atoms with E-state index in [1.165, 1.54) is 13.2 Å². The molecule has 2 atom stereocenters. The zero-order valence-corrected chi connectivity index (χ0v) is 19.7. The van der Waals surface area contributed by atoms with Crippen LogP contribution in [0.2, 0.25) is 5.02 Å². The van der Waals surface area contributed by atoms with Gasteiger partial charge in [-0.25, -0.2) is 9.59 Å². The number of carboxylic acid groups (broad SMARTS) is 1. The standard InChI is InChI=1S/C22H24ClN3O6S/c1-3-15(17-6-7-18(33-17)21(29)30)25-22(31)26-11-19(27)24-10-13(20(26)28)8-12-9-14(23)4-5-16(12)32-2/h4-7,9,13,15H,3,8,10-11H2,1-2H3,(H,24,27)(H,25,31)(H,29,30)/t13-,15+/m0/s1. The molecule has 1 saturated heterocycles. The third-order valence-corrected chi connectivity index (χ3v) is 6.73. The molecule has 2 heterocycles. The fraction of sp³-hybridized carbons (Fsp3) is 0.364. The van der Waals surface area contributed by atoms with E-state index in [0.29, 0.717) is 27.6 Å². The molecule has 3 N–H and O–H groups in total. The van der Waals surface area contributed by atoms with Crippen molar-refractivity contribution in [1.29, 1.82) is 0 Å². The van der Waals surface area contributed by atoms with Crippen LogP contribution in [0.3, 0.4) is 0 Å². The number of benzene rings is 1. The van der Waals surface area contributed by atoms with Gasteiger partial charge < -0.3 is 20.5 Å². The molecule has 0 bridgehead atoms. The summed E-state index contributed by atoms with van der Waals surface area (Å²) in [4.78, 5) is 51.4. The topological polar surface area (TPSA) is 125 Å². The molecule has 4 amide bonds. The van der Waals surface area contributed by atoms with Crippen LogP contribution in [-0.4, -0.2) is 54.0 Å². The molecular weight excluding hydrogens is 470 g/mol. The monoisotopic (exact) mass is 493 g/mol. The molecule has 0 aliphatic carbocycles. The summed E-state index contributed by atoms with van der Waals surface area (Å²) in [6.45, 7) is 1.49. The highest BCUT2D eigenvalue weighted by Crippen LogP contribution is 2.28. The highest BCUT2D eigenvalue weighted by atomic mass is 35.5. The van der Waals surface area contributed by atoms with Crippen LogP contribution in [-0.2, 0) is 16.0 Å². The molecule has 1 aromatic carbocycles. The van der Waals surface area contributed by atoms with Crippen LogP contribution in [0.4, 0.5) is 4.79 Å². The van der Waals surface area contributed by atoms with Crippen LogP contribution in [0.1, 0.15) is 39.5 Å². The molecule has 0 saturated carbocycles. The maximum Gasteiger partial charge on any atom is 0.345 e. The first-order valence-corrected chi connectivity index (χ1v) is 11.5. The van der Waals surface area contributed by atoms with Crippen LogP contribution in [0, 0.1) is 5.92 Å². The van der Waals surface area contributed by atoms with Crippen molar-refractivity contribution in [2.45, 2.75) is 25.8 Å². The number of ether oxygens (including phenoxy) is 1. The lowest BCUT2D eigenvalue weighted by atomic mass is 9.97. The Bertz CT molecular complexity index is 1070. The summed E-state index contributed by atoms with van der Waals surface area (Å²) in [5, 5.41) is 15.1. The van der Waals surface area contributed by atoms with Crippen molar-refractivity contribution in [3.63, 3.8) is 0 Å². The van der Waals surface area contributed by atoms with Gasteiger partial charge in [-0.05, 0) is 48.7 Å². The Labute approximate surface area is 199 Å². The SMILES string of the molecule is CC[C@@H](NC(=O)N1CC(=O)NC[C@H](Cc2cc(Cl)ccc2OC)C1=O)c1ccc(C(=O)O)s1. The van der Waals surface area contributed by atoms with Crippen molar-refractivity contribution in [2.24, 2.45) is 5.92 Å². The zero-order valence-electron chi connectivity index (χ0n) is 18.1. The molecule has 2 aromatic rings. The average molecular weight is 494 g/mol. The predicted octanol–water partition coefficient (Wildman–Crippen LogP) is 3.09. The number of carboxylic acids is 1. The molecule has 176 valence electrons. The Kier molecular flexibility index (Phi) is 7.93. The maximum absolute atomic E-state index is 13.2. The Morgan fingerprint density at radius 2 is 2.09 bits per heavy atom. The number of imide groups is 1. The van der Waals surface area contributed by atoms with Crippen molar-refractivity contribution in [1.82, 2.24) is 15.5 Å². The van der Waals surface area contributed by atoms with Gasteiger partial charge >= 0.3 is 12.0 Å². The summed E-state index contributed by atoms with van der Waals surface area (Å²) < 4.78 is 5.35. The number of halogens is 1. The molecule has 3 rings (SSSR count). The van der Waals surface area contributed by atoms with Gasteiger partial charge in [-0.1, -0.05) is 18.5 Å². The Morgan fingerprint density at radius 1 is 1.33 bits per heavy atom. The van der Waals surface area contributed by atoms with E-state index in [2.05, 4.69) is 10.6 Å². The number of amides is 4. The number of nitrogens with one attached hydrogen (secondary N) is 2. The Hall–Kier alpha value is -3.11.